The van der Waals surface area contributed by atoms with Gasteiger partial charge in [-0.15, -0.1) is 0 Å². The molecule has 0 bridgehead atoms. The number of nitrogens with zero attached hydrogens (tertiary/aromatic N) is 3. The molecule has 1 saturated heterocycles. The number of aryl methyl sites for hydroxylation is 1. The van der Waals surface area contributed by atoms with Crippen LogP contribution >= 0.6 is 11.8 Å². The van der Waals surface area contributed by atoms with Crippen LogP contribution in [0.1, 0.15) is 56.2 Å². The molecule has 34 heavy (non-hydrogen) atoms. The third-order valence-electron chi connectivity index (χ3n) is 6.80. The van der Waals surface area contributed by atoms with Gasteiger partial charge in [-0.05, 0) is 57.2 Å². The number of nitrogens with one attached hydrogen (secondary N) is 1. The van der Waals surface area contributed by atoms with Crippen LogP contribution in [0.3, 0.4) is 0 Å². The standard InChI is InChI=1S/C26H34N4O3S/c1-5-21-23(25(32)33-4)24(18-9-6-8-17(2)14-18)30-20(16-34-26(30)28-21)15-22(31)27-12-11-19-10-7-13-29(19)3/h6,8-9,14,16,19,24H,5,7,10-13,15H2,1-4H3,(H,27,31). The first-order valence-electron chi connectivity index (χ1n) is 12.0. The Bertz CT molecular complexity index is 1050. The molecule has 3 heterocycles. The summed E-state index contributed by atoms with van der Waals surface area (Å²) in [5.74, 6) is -0.394. The van der Waals surface area contributed by atoms with Crippen LogP contribution in [0.2, 0.25) is 0 Å². The molecule has 0 aliphatic carbocycles. The lowest BCUT2D eigenvalue weighted by Crippen LogP contribution is -2.38. The van der Waals surface area contributed by atoms with E-state index >= 15 is 0 Å². The Morgan fingerprint density at radius 1 is 1.32 bits per heavy atom. The average molecular weight is 483 g/mol. The Morgan fingerprint density at radius 3 is 2.82 bits per heavy atom. The molecule has 0 spiro atoms. The van der Waals surface area contributed by atoms with E-state index in [-0.39, 0.29) is 24.3 Å². The Labute approximate surface area is 206 Å². The molecular formula is C26H34N4O3S. The van der Waals surface area contributed by atoms with Crippen molar-refractivity contribution in [3.05, 3.63) is 57.8 Å². The normalized spacial score (nSPS) is 22.4. The van der Waals surface area contributed by atoms with Gasteiger partial charge in [-0.2, -0.15) is 0 Å². The molecule has 3 aliphatic rings. The molecular weight excluding hydrogens is 448 g/mol. The second-order valence-electron chi connectivity index (χ2n) is 9.11. The SMILES string of the molecule is CCC1=C(C(=O)OC)C(c2cccc(C)c2)N2C(CC(=O)NCCC3CCCN3C)=CSC2=N1. The first kappa shape index (κ1) is 24.5. The maximum Gasteiger partial charge on any atom is 0.338 e. The summed E-state index contributed by atoms with van der Waals surface area (Å²) in [6.45, 7) is 5.84. The van der Waals surface area contributed by atoms with E-state index in [1.54, 1.807) is 0 Å². The van der Waals surface area contributed by atoms with Gasteiger partial charge in [0, 0.05) is 18.3 Å². The predicted molar refractivity (Wildman–Crippen MR) is 136 cm³/mol. The van der Waals surface area contributed by atoms with E-state index in [9.17, 15) is 9.59 Å². The van der Waals surface area contributed by atoms with E-state index in [4.69, 9.17) is 9.73 Å². The van der Waals surface area contributed by atoms with Crippen LogP contribution in [0.25, 0.3) is 0 Å². The summed E-state index contributed by atoms with van der Waals surface area (Å²) in [4.78, 5) is 35.0. The van der Waals surface area contributed by atoms with Crippen molar-refractivity contribution in [3.63, 3.8) is 0 Å². The number of thioether (sulfide) groups is 1. The third kappa shape index (κ3) is 5.08. The highest BCUT2D eigenvalue weighted by Gasteiger charge is 2.41. The molecule has 3 aliphatic heterocycles. The van der Waals surface area contributed by atoms with Gasteiger partial charge in [-0.1, -0.05) is 48.5 Å². The van der Waals surface area contributed by atoms with E-state index < -0.39 is 0 Å². The molecule has 1 aromatic rings. The quantitative estimate of drug-likeness (QED) is 0.562. The molecule has 7 nitrogen and oxygen atoms in total. The molecule has 4 rings (SSSR count). The number of carbonyl (C=O) groups excluding carboxylic acids is 2. The summed E-state index contributed by atoms with van der Waals surface area (Å²) in [6, 6.07) is 8.31. The number of amides is 1. The van der Waals surface area contributed by atoms with Gasteiger partial charge in [0.25, 0.3) is 0 Å². The maximum atomic E-state index is 12.9. The van der Waals surface area contributed by atoms with Gasteiger partial charge >= 0.3 is 5.97 Å². The highest BCUT2D eigenvalue weighted by Crippen LogP contribution is 2.45. The van der Waals surface area contributed by atoms with Gasteiger partial charge in [-0.25, -0.2) is 9.79 Å². The van der Waals surface area contributed by atoms with Crippen molar-refractivity contribution in [1.29, 1.82) is 0 Å². The fourth-order valence-electron chi connectivity index (χ4n) is 5.02. The molecule has 0 saturated carbocycles. The van der Waals surface area contributed by atoms with Gasteiger partial charge in [0.15, 0.2) is 5.17 Å². The highest BCUT2D eigenvalue weighted by atomic mass is 32.2. The smallest absolute Gasteiger partial charge is 0.338 e. The maximum absolute atomic E-state index is 12.9. The number of carbonyl (C=O) groups is 2. The number of benzene rings is 1. The van der Waals surface area contributed by atoms with Crippen LogP contribution < -0.4 is 5.32 Å². The zero-order valence-corrected chi connectivity index (χ0v) is 21.3. The Balaban J connectivity index is 1.55. The number of hydrogen-bond donors (Lipinski definition) is 1. The number of fused-ring (bicyclic) bond motifs is 1. The number of ether oxygens (including phenoxy) is 1. The average Bonchev–Trinajstić information content (AvgIpc) is 3.42. The topological polar surface area (TPSA) is 74.2 Å². The van der Waals surface area contributed by atoms with Crippen LogP contribution in [0.5, 0.6) is 0 Å². The summed E-state index contributed by atoms with van der Waals surface area (Å²) in [7, 11) is 3.56. The number of aliphatic imine (C=N–C) groups is 1. The zero-order valence-electron chi connectivity index (χ0n) is 20.5. The van der Waals surface area contributed by atoms with Gasteiger partial charge in [0.05, 0.1) is 30.8 Å². The molecule has 0 radical (unpaired) electrons. The monoisotopic (exact) mass is 482 g/mol. The van der Waals surface area contributed by atoms with Crippen LogP contribution in [-0.4, -0.2) is 60.1 Å². The minimum absolute atomic E-state index is 0.0124. The van der Waals surface area contributed by atoms with Crippen LogP contribution in [0.4, 0.5) is 0 Å². The molecule has 1 amide bonds. The van der Waals surface area contributed by atoms with E-state index in [2.05, 4.69) is 23.3 Å². The number of hydrogen-bond acceptors (Lipinski definition) is 7. The van der Waals surface area contributed by atoms with E-state index in [0.29, 0.717) is 24.6 Å². The van der Waals surface area contributed by atoms with Crippen molar-refractivity contribution < 1.29 is 14.3 Å². The van der Waals surface area contributed by atoms with E-state index in [1.807, 2.05) is 42.4 Å². The molecule has 1 N–H and O–H groups in total. The minimum Gasteiger partial charge on any atom is -0.466 e. The number of methoxy groups -OCH3 is 1. The first-order valence-corrected chi connectivity index (χ1v) is 12.9. The fraction of sp³-hybridized carbons (Fsp3) is 0.500. The Kier molecular flexibility index (Phi) is 7.78. The van der Waals surface area contributed by atoms with Crippen molar-refractivity contribution >= 4 is 28.8 Å². The second kappa shape index (κ2) is 10.8. The van der Waals surface area contributed by atoms with Crippen LogP contribution in [0, 0.1) is 6.92 Å². The van der Waals surface area contributed by atoms with Crippen molar-refractivity contribution in [2.24, 2.45) is 4.99 Å². The fourth-order valence-corrected chi connectivity index (χ4v) is 5.95. The lowest BCUT2D eigenvalue weighted by molar-refractivity contribution is -0.136. The largest absolute Gasteiger partial charge is 0.466 e. The highest BCUT2D eigenvalue weighted by molar-refractivity contribution is 8.16. The summed E-state index contributed by atoms with van der Waals surface area (Å²) >= 11 is 1.50. The van der Waals surface area contributed by atoms with Crippen molar-refractivity contribution in [3.8, 4) is 0 Å². The number of likely N-dealkylation sites (tertiary alicyclic amines) is 1. The van der Waals surface area contributed by atoms with Crippen molar-refractivity contribution in [2.75, 3.05) is 27.2 Å². The van der Waals surface area contributed by atoms with E-state index in [1.165, 1.54) is 31.7 Å². The van der Waals surface area contributed by atoms with Crippen molar-refractivity contribution in [1.82, 2.24) is 15.1 Å². The van der Waals surface area contributed by atoms with Gasteiger partial charge in [0.2, 0.25) is 5.91 Å². The summed E-state index contributed by atoms with van der Waals surface area (Å²) in [5, 5.41) is 5.88. The summed E-state index contributed by atoms with van der Waals surface area (Å²) in [5.41, 5.74) is 4.21. The zero-order chi connectivity index (χ0) is 24.2. The molecule has 0 aromatic heterocycles. The molecule has 8 heteroatoms. The Hall–Kier alpha value is -2.58. The molecule has 2 unspecified atom stereocenters. The van der Waals surface area contributed by atoms with Crippen molar-refractivity contribution in [2.45, 2.75) is 58.0 Å². The minimum atomic E-state index is -0.382. The van der Waals surface area contributed by atoms with Gasteiger partial charge in [-0.3, -0.25) is 4.79 Å². The number of allylic oxidation sites excluding steroid dienone is 1. The summed E-state index contributed by atoms with van der Waals surface area (Å²) < 4.78 is 5.18. The van der Waals surface area contributed by atoms with Crippen LogP contribution in [-0.2, 0) is 14.3 Å². The van der Waals surface area contributed by atoms with Crippen LogP contribution in [0.15, 0.2) is 51.6 Å². The molecule has 182 valence electrons. The number of rotatable bonds is 8. The number of esters is 1. The lowest BCUT2D eigenvalue weighted by atomic mass is 9.92. The van der Waals surface area contributed by atoms with Gasteiger partial charge < -0.3 is 19.9 Å². The van der Waals surface area contributed by atoms with Gasteiger partial charge in [0.1, 0.15) is 0 Å². The Morgan fingerprint density at radius 2 is 2.15 bits per heavy atom. The predicted octanol–water partition coefficient (Wildman–Crippen LogP) is 4.12. The number of amidine groups is 1. The molecule has 2 atom stereocenters. The first-order chi connectivity index (χ1) is 16.4. The second-order valence-corrected chi connectivity index (χ2v) is 9.94. The molecule has 1 aromatic carbocycles. The molecule has 1 fully saturated rings. The third-order valence-corrected chi connectivity index (χ3v) is 7.69. The summed E-state index contributed by atoms with van der Waals surface area (Å²) in [6.07, 6.45) is 4.25. The lowest BCUT2D eigenvalue weighted by Gasteiger charge is -2.36. The van der Waals surface area contributed by atoms with E-state index in [0.717, 1.165) is 40.7 Å².